The van der Waals surface area contributed by atoms with Gasteiger partial charge in [-0.3, -0.25) is 0 Å². The lowest BCUT2D eigenvalue weighted by molar-refractivity contribution is 0.666. The highest BCUT2D eigenvalue weighted by Gasteiger charge is 2.22. The first-order valence-electron chi connectivity index (χ1n) is 16.4. The highest BCUT2D eigenvalue weighted by molar-refractivity contribution is 7.26. The molecule has 0 atom stereocenters. The van der Waals surface area contributed by atoms with Crippen LogP contribution >= 0.6 is 11.3 Å². The van der Waals surface area contributed by atoms with Crippen LogP contribution in [0.1, 0.15) is 0 Å². The summed E-state index contributed by atoms with van der Waals surface area (Å²) in [5, 5.41) is 8.15. The fourth-order valence-corrected chi connectivity index (χ4v) is 8.85. The third kappa shape index (κ3) is 3.79. The van der Waals surface area contributed by atoms with E-state index in [1.807, 2.05) is 12.1 Å². The maximum absolute atomic E-state index is 6.84. The van der Waals surface area contributed by atoms with Gasteiger partial charge in [0.1, 0.15) is 5.58 Å². The van der Waals surface area contributed by atoms with E-state index in [0.29, 0.717) is 5.82 Å². The number of hydrogen-bond acceptors (Lipinski definition) is 4. The minimum Gasteiger partial charge on any atom is -0.454 e. The van der Waals surface area contributed by atoms with E-state index < -0.39 is 0 Å². The molecule has 0 aliphatic carbocycles. The summed E-state index contributed by atoms with van der Waals surface area (Å²) in [6.07, 6.45) is 0. The molecule has 0 fully saturated rings. The zero-order valence-electron chi connectivity index (χ0n) is 26.1. The molecular weight excluding hydrogens is 619 g/mol. The molecule has 0 saturated carbocycles. The van der Waals surface area contributed by atoms with Crippen molar-refractivity contribution >= 4 is 86.2 Å². The quantitative estimate of drug-likeness (QED) is 0.192. The monoisotopic (exact) mass is 643 g/mol. The highest BCUT2D eigenvalue weighted by Crippen LogP contribution is 2.44. The molecule has 11 aromatic rings. The molecule has 0 amide bonds. The second kappa shape index (κ2) is 10.1. The molecule has 0 radical (unpaired) electrons. The van der Waals surface area contributed by atoms with Crippen LogP contribution in [-0.4, -0.2) is 14.5 Å². The minimum absolute atomic E-state index is 0.692. The van der Waals surface area contributed by atoms with Crippen LogP contribution < -0.4 is 0 Å². The largest absolute Gasteiger partial charge is 0.454 e. The fourth-order valence-electron chi connectivity index (χ4n) is 7.70. The van der Waals surface area contributed by atoms with E-state index in [2.05, 4.69) is 144 Å². The van der Waals surface area contributed by atoms with Crippen molar-refractivity contribution in [3.63, 3.8) is 0 Å². The van der Waals surface area contributed by atoms with E-state index in [1.165, 1.54) is 26.2 Å². The Hall–Kier alpha value is -6.30. The van der Waals surface area contributed by atoms with E-state index >= 15 is 0 Å². The highest BCUT2D eigenvalue weighted by atomic mass is 32.1. The van der Waals surface area contributed by atoms with Crippen LogP contribution in [0.3, 0.4) is 0 Å². The topological polar surface area (TPSA) is 43.9 Å². The number of para-hydroxylation sites is 2. The number of thiophene rings is 1. The van der Waals surface area contributed by atoms with Gasteiger partial charge in [0.2, 0.25) is 0 Å². The van der Waals surface area contributed by atoms with Crippen molar-refractivity contribution in [2.45, 2.75) is 0 Å². The molecule has 0 bridgehead atoms. The molecule has 7 aromatic carbocycles. The summed E-state index contributed by atoms with van der Waals surface area (Å²) in [6, 6.07) is 53.4. The van der Waals surface area contributed by atoms with Gasteiger partial charge in [0.25, 0.3) is 0 Å². The second-order valence-electron chi connectivity index (χ2n) is 12.5. The molecular formula is C44H25N3OS. The predicted octanol–water partition coefficient (Wildman–Crippen LogP) is 12.3. The van der Waals surface area contributed by atoms with E-state index in [9.17, 15) is 0 Å². The summed E-state index contributed by atoms with van der Waals surface area (Å²) in [5.74, 6) is 0.692. The Balaban J connectivity index is 1.21. The van der Waals surface area contributed by atoms with Gasteiger partial charge in [-0.15, -0.1) is 11.3 Å². The average Bonchev–Trinajstić information content (AvgIpc) is 3.84. The molecule has 0 unspecified atom stereocenters. The first-order chi connectivity index (χ1) is 24.3. The van der Waals surface area contributed by atoms with Crippen molar-refractivity contribution in [1.82, 2.24) is 14.5 Å². The molecule has 0 spiro atoms. The number of aromatic nitrogens is 3. The van der Waals surface area contributed by atoms with Crippen LogP contribution in [0.4, 0.5) is 0 Å². The predicted molar refractivity (Wildman–Crippen MR) is 205 cm³/mol. The van der Waals surface area contributed by atoms with Gasteiger partial charge >= 0.3 is 0 Å². The molecule has 11 rings (SSSR count). The fraction of sp³-hybridized carbons (Fsp3) is 0. The van der Waals surface area contributed by atoms with Gasteiger partial charge in [-0.25, -0.2) is 9.97 Å². The van der Waals surface area contributed by atoms with Crippen LogP contribution in [0.25, 0.3) is 103 Å². The SMILES string of the molecule is c1ccc(-c2nc(-c3cccc4oc5c(-n6c7ccccc7c7c8ccccc8ccc76)cccc5c34)nc3c2sc2ccccc23)cc1. The van der Waals surface area contributed by atoms with Crippen LogP contribution in [0.2, 0.25) is 0 Å². The van der Waals surface area contributed by atoms with Crippen molar-refractivity contribution in [3.8, 4) is 28.3 Å². The number of hydrogen-bond donors (Lipinski definition) is 0. The lowest BCUT2D eigenvalue weighted by Gasteiger charge is -2.09. The maximum Gasteiger partial charge on any atom is 0.161 e. The average molecular weight is 644 g/mol. The molecule has 5 heteroatoms. The normalized spacial score (nSPS) is 12.1. The van der Waals surface area contributed by atoms with Gasteiger partial charge in [0.15, 0.2) is 11.4 Å². The van der Waals surface area contributed by atoms with Gasteiger partial charge < -0.3 is 8.98 Å². The number of benzene rings is 7. The molecule has 0 aliphatic rings. The summed E-state index contributed by atoms with van der Waals surface area (Å²) in [4.78, 5) is 10.6. The Morgan fingerprint density at radius 3 is 2.20 bits per heavy atom. The van der Waals surface area contributed by atoms with Gasteiger partial charge in [0.05, 0.1) is 32.6 Å². The molecule has 0 saturated heterocycles. The summed E-state index contributed by atoms with van der Waals surface area (Å²) in [7, 11) is 0. The number of furan rings is 1. The number of nitrogens with zero attached hydrogens (tertiary/aromatic N) is 3. The van der Waals surface area contributed by atoms with Gasteiger partial charge in [0, 0.05) is 42.8 Å². The van der Waals surface area contributed by atoms with Crippen LogP contribution in [0.15, 0.2) is 156 Å². The van der Waals surface area contributed by atoms with Crippen molar-refractivity contribution < 1.29 is 4.42 Å². The van der Waals surface area contributed by atoms with Gasteiger partial charge in [-0.1, -0.05) is 121 Å². The van der Waals surface area contributed by atoms with E-state index in [1.54, 1.807) is 11.3 Å². The van der Waals surface area contributed by atoms with E-state index in [0.717, 1.165) is 71.1 Å². The lowest BCUT2D eigenvalue weighted by Crippen LogP contribution is -1.95. The second-order valence-corrected chi connectivity index (χ2v) is 13.6. The lowest BCUT2D eigenvalue weighted by atomic mass is 10.0. The maximum atomic E-state index is 6.84. The Morgan fingerprint density at radius 2 is 1.29 bits per heavy atom. The zero-order chi connectivity index (χ0) is 32.1. The van der Waals surface area contributed by atoms with Crippen LogP contribution in [0.5, 0.6) is 0 Å². The summed E-state index contributed by atoms with van der Waals surface area (Å²) in [5.41, 5.74) is 8.91. The summed E-state index contributed by atoms with van der Waals surface area (Å²) in [6.45, 7) is 0. The standard InChI is InChI=1S/C44H25N3OS/c1-2-13-27(14-3-1)40-43-41(30-17-7-9-23-37(30)49-43)46-44(45-40)32-19-11-22-36-39(32)31-18-10-21-35(42(31)48-36)47-33-20-8-6-16-29(33)38-28-15-5-4-12-26(28)24-25-34(38)47/h1-25H. The summed E-state index contributed by atoms with van der Waals surface area (Å²) < 4.78 is 11.5. The van der Waals surface area contributed by atoms with Gasteiger partial charge in [-0.2, -0.15) is 0 Å². The smallest absolute Gasteiger partial charge is 0.161 e. The number of fused-ring (bicyclic) bond motifs is 11. The first kappa shape index (κ1) is 26.7. The molecule has 0 aliphatic heterocycles. The minimum atomic E-state index is 0.692. The Kier molecular flexibility index (Phi) is 5.51. The zero-order valence-corrected chi connectivity index (χ0v) is 26.9. The van der Waals surface area contributed by atoms with Crippen molar-refractivity contribution in [1.29, 1.82) is 0 Å². The molecule has 4 heterocycles. The number of rotatable bonds is 3. The molecule has 228 valence electrons. The van der Waals surface area contributed by atoms with Crippen molar-refractivity contribution in [3.05, 3.63) is 152 Å². The third-order valence-corrected chi connectivity index (χ3v) is 11.0. The van der Waals surface area contributed by atoms with Crippen molar-refractivity contribution in [2.24, 2.45) is 0 Å². The van der Waals surface area contributed by atoms with Crippen molar-refractivity contribution in [2.75, 3.05) is 0 Å². The van der Waals surface area contributed by atoms with E-state index in [-0.39, 0.29) is 0 Å². The first-order valence-corrected chi connectivity index (χ1v) is 17.2. The molecule has 0 N–H and O–H groups in total. The third-order valence-electron chi connectivity index (χ3n) is 9.81. The Labute approximate surface area is 284 Å². The Bertz CT molecular complexity index is 3110. The molecule has 49 heavy (non-hydrogen) atoms. The van der Waals surface area contributed by atoms with Crippen LogP contribution in [-0.2, 0) is 0 Å². The molecule has 4 aromatic heterocycles. The molecule has 4 nitrogen and oxygen atoms in total. The van der Waals surface area contributed by atoms with Crippen LogP contribution in [0, 0.1) is 0 Å². The summed E-state index contributed by atoms with van der Waals surface area (Å²) >= 11 is 1.75. The Morgan fingerprint density at radius 1 is 0.531 bits per heavy atom. The van der Waals surface area contributed by atoms with E-state index in [4.69, 9.17) is 14.4 Å². The van der Waals surface area contributed by atoms with Gasteiger partial charge in [-0.05, 0) is 41.1 Å².